The topological polar surface area (TPSA) is 83.9 Å². The first kappa shape index (κ1) is 18.6. The van der Waals surface area contributed by atoms with Gasteiger partial charge in [0.25, 0.3) is 5.91 Å². The van der Waals surface area contributed by atoms with Crippen LogP contribution in [0.1, 0.15) is 28.2 Å². The summed E-state index contributed by atoms with van der Waals surface area (Å²) in [7, 11) is 0. The number of aryl methyl sites for hydroxylation is 1. The minimum Gasteiger partial charge on any atom is -0.357 e. The van der Waals surface area contributed by atoms with Crippen molar-refractivity contribution in [2.24, 2.45) is 0 Å². The van der Waals surface area contributed by atoms with Gasteiger partial charge < -0.3 is 10.2 Å². The van der Waals surface area contributed by atoms with Crippen LogP contribution in [0, 0.1) is 6.92 Å². The monoisotopic (exact) mass is 416 g/mol. The van der Waals surface area contributed by atoms with E-state index in [1.54, 1.807) is 29.8 Å². The molecule has 150 valence electrons. The van der Waals surface area contributed by atoms with E-state index in [1.807, 2.05) is 37.3 Å². The Kier molecular flexibility index (Phi) is 4.84. The van der Waals surface area contributed by atoms with E-state index in [-0.39, 0.29) is 5.91 Å². The second kappa shape index (κ2) is 7.79. The number of aromatic nitrogens is 4. The third kappa shape index (κ3) is 3.73. The van der Waals surface area contributed by atoms with Gasteiger partial charge in [-0.2, -0.15) is 0 Å². The Bertz CT molecular complexity index is 1230. The van der Waals surface area contributed by atoms with E-state index in [0.29, 0.717) is 11.4 Å². The quantitative estimate of drug-likeness (QED) is 0.534. The Morgan fingerprint density at radius 1 is 1.03 bits per heavy atom. The van der Waals surface area contributed by atoms with Crippen LogP contribution in [0.2, 0.25) is 0 Å². The van der Waals surface area contributed by atoms with Crippen molar-refractivity contribution in [3.8, 4) is 10.6 Å². The van der Waals surface area contributed by atoms with E-state index in [2.05, 4.69) is 30.4 Å². The van der Waals surface area contributed by atoms with Crippen LogP contribution in [0.5, 0.6) is 0 Å². The molecule has 5 rings (SSSR count). The van der Waals surface area contributed by atoms with Gasteiger partial charge in [-0.3, -0.25) is 4.79 Å². The first-order chi connectivity index (χ1) is 14.7. The molecule has 1 aromatic carbocycles. The molecular weight excluding hydrogens is 396 g/mol. The van der Waals surface area contributed by atoms with Crippen molar-refractivity contribution in [1.29, 1.82) is 0 Å². The number of amides is 1. The number of fused-ring (bicyclic) bond motifs is 1. The fourth-order valence-electron chi connectivity index (χ4n) is 3.62. The zero-order valence-corrected chi connectivity index (χ0v) is 17.3. The van der Waals surface area contributed by atoms with E-state index < -0.39 is 0 Å². The molecule has 8 heteroatoms. The average molecular weight is 417 g/mol. The molecule has 30 heavy (non-hydrogen) atoms. The first-order valence-electron chi connectivity index (χ1n) is 9.88. The second-order valence-corrected chi connectivity index (χ2v) is 8.49. The van der Waals surface area contributed by atoms with E-state index >= 15 is 0 Å². The van der Waals surface area contributed by atoms with Crippen molar-refractivity contribution in [3.05, 3.63) is 59.4 Å². The van der Waals surface area contributed by atoms with E-state index in [1.165, 1.54) is 0 Å². The third-order valence-electron chi connectivity index (χ3n) is 5.17. The van der Waals surface area contributed by atoms with Gasteiger partial charge in [0.15, 0.2) is 0 Å². The zero-order valence-electron chi connectivity index (χ0n) is 16.5. The second-order valence-electron chi connectivity index (χ2n) is 7.31. The van der Waals surface area contributed by atoms with E-state index in [9.17, 15) is 4.79 Å². The molecule has 0 aliphatic carbocycles. The van der Waals surface area contributed by atoms with Crippen molar-refractivity contribution in [1.82, 2.24) is 20.2 Å². The number of nitrogens with one attached hydrogen (secondary N) is 1. The lowest BCUT2D eigenvalue weighted by molar-refractivity contribution is 0.102. The molecule has 1 saturated heterocycles. The van der Waals surface area contributed by atoms with Crippen LogP contribution in [0.4, 0.5) is 11.6 Å². The summed E-state index contributed by atoms with van der Waals surface area (Å²) in [6.45, 7) is 3.91. The number of nitrogens with zero attached hydrogens (tertiary/aromatic N) is 5. The third-order valence-corrected chi connectivity index (χ3v) is 6.06. The molecule has 0 spiro atoms. The van der Waals surface area contributed by atoms with Gasteiger partial charge in [0.2, 0.25) is 0 Å². The molecule has 0 bridgehead atoms. The lowest BCUT2D eigenvalue weighted by Gasteiger charge is -2.16. The molecule has 0 unspecified atom stereocenters. The van der Waals surface area contributed by atoms with Crippen LogP contribution in [0.3, 0.4) is 0 Å². The van der Waals surface area contributed by atoms with Crippen molar-refractivity contribution in [2.45, 2.75) is 19.8 Å². The molecule has 0 radical (unpaired) electrons. The Morgan fingerprint density at radius 3 is 2.70 bits per heavy atom. The fraction of sp³-hybridized carbons (Fsp3) is 0.227. The SMILES string of the molecule is Cc1nnc(-c2ccc3cnc(NC(=O)c4ccnc(N5CCCC5)c4)cc3c2)s1. The average Bonchev–Trinajstić information content (AvgIpc) is 3.45. The van der Waals surface area contributed by atoms with Crippen LogP contribution in [0.15, 0.2) is 48.8 Å². The van der Waals surface area contributed by atoms with Gasteiger partial charge in [-0.1, -0.05) is 23.5 Å². The summed E-state index contributed by atoms with van der Waals surface area (Å²) in [4.78, 5) is 23.8. The maximum Gasteiger partial charge on any atom is 0.257 e. The summed E-state index contributed by atoms with van der Waals surface area (Å²) in [5.41, 5.74) is 1.58. The van der Waals surface area contributed by atoms with Crippen LogP contribution < -0.4 is 10.2 Å². The van der Waals surface area contributed by atoms with Crippen LogP contribution in [-0.4, -0.2) is 39.2 Å². The highest BCUT2D eigenvalue weighted by molar-refractivity contribution is 7.14. The van der Waals surface area contributed by atoms with Crippen LogP contribution >= 0.6 is 11.3 Å². The molecule has 1 fully saturated rings. The van der Waals surface area contributed by atoms with Gasteiger partial charge >= 0.3 is 0 Å². The number of carbonyl (C=O) groups excluding carboxylic acids is 1. The predicted molar refractivity (Wildman–Crippen MR) is 119 cm³/mol. The summed E-state index contributed by atoms with van der Waals surface area (Å²) in [5.74, 6) is 1.17. The summed E-state index contributed by atoms with van der Waals surface area (Å²) in [6, 6.07) is 11.5. The molecule has 1 aliphatic heterocycles. The molecule has 1 amide bonds. The van der Waals surface area contributed by atoms with E-state index in [0.717, 1.165) is 58.1 Å². The fourth-order valence-corrected chi connectivity index (χ4v) is 4.31. The highest BCUT2D eigenvalue weighted by Crippen LogP contribution is 2.27. The van der Waals surface area contributed by atoms with Gasteiger partial charge in [-0.25, -0.2) is 9.97 Å². The lowest BCUT2D eigenvalue weighted by atomic mass is 10.1. The van der Waals surface area contributed by atoms with Crippen LogP contribution in [-0.2, 0) is 0 Å². The number of hydrogen-bond donors (Lipinski definition) is 1. The van der Waals surface area contributed by atoms with Crippen LogP contribution in [0.25, 0.3) is 21.3 Å². The highest BCUT2D eigenvalue weighted by atomic mass is 32.1. The normalized spacial score (nSPS) is 13.7. The number of hydrogen-bond acceptors (Lipinski definition) is 7. The standard InChI is InChI=1S/C22H20N6OS/c1-14-26-27-22(30-14)16-4-5-17-13-24-19(11-18(17)10-16)25-21(29)15-6-7-23-20(12-15)28-8-2-3-9-28/h4-7,10-13H,2-3,8-9H2,1H3,(H,24,25,29). The van der Waals surface area contributed by atoms with Crippen molar-refractivity contribution < 1.29 is 4.79 Å². The van der Waals surface area contributed by atoms with E-state index in [4.69, 9.17) is 0 Å². The predicted octanol–water partition coefficient (Wildman–Crippen LogP) is 4.31. The maximum atomic E-state index is 12.8. The molecule has 4 heterocycles. The van der Waals surface area contributed by atoms with Gasteiger partial charge in [-0.15, -0.1) is 10.2 Å². The summed E-state index contributed by atoms with van der Waals surface area (Å²) in [6.07, 6.45) is 5.78. The van der Waals surface area contributed by atoms with Gasteiger partial charge in [-0.05, 0) is 49.4 Å². The van der Waals surface area contributed by atoms with Crippen molar-refractivity contribution >= 4 is 39.7 Å². The Balaban J connectivity index is 1.39. The molecule has 0 atom stereocenters. The molecule has 1 N–H and O–H groups in total. The smallest absolute Gasteiger partial charge is 0.257 e. The van der Waals surface area contributed by atoms with Gasteiger partial charge in [0, 0.05) is 42.0 Å². The Labute approximate surface area is 177 Å². The molecule has 4 aromatic rings. The first-order valence-corrected chi connectivity index (χ1v) is 10.7. The lowest BCUT2D eigenvalue weighted by Crippen LogP contribution is -2.20. The molecule has 0 saturated carbocycles. The largest absolute Gasteiger partial charge is 0.357 e. The number of anilines is 2. The Hall–Kier alpha value is -3.39. The molecule has 3 aromatic heterocycles. The number of rotatable bonds is 4. The summed E-state index contributed by atoms with van der Waals surface area (Å²) < 4.78 is 0. The maximum absolute atomic E-state index is 12.8. The summed E-state index contributed by atoms with van der Waals surface area (Å²) in [5, 5.41) is 15.0. The minimum absolute atomic E-state index is 0.194. The highest BCUT2D eigenvalue weighted by Gasteiger charge is 2.16. The molecular formula is C22H20N6OS. The Morgan fingerprint density at radius 2 is 1.90 bits per heavy atom. The summed E-state index contributed by atoms with van der Waals surface area (Å²) >= 11 is 1.56. The van der Waals surface area contributed by atoms with Crippen molar-refractivity contribution in [3.63, 3.8) is 0 Å². The number of benzene rings is 1. The van der Waals surface area contributed by atoms with Gasteiger partial charge in [0.1, 0.15) is 21.7 Å². The molecule has 7 nitrogen and oxygen atoms in total. The molecule has 1 aliphatic rings. The van der Waals surface area contributed by atoms with Crippen molar-refractivity contribution in [2.75, 3.05) is 23.3 Å². The number of carbonyl (C=O) groups is 1. The zero-order chi connectivity index (χ0) is 20.5. The minimum atomic E-state index is -0.194. The van der Waals surface area contributed by atoms with Gasteiger partial charge in [0.05, 0.1) is 0 Å². The number of pyridine rings is 2.